The van der Waals surface area contributed by atoms with Crippen LogP contribution in [0.3, 0.4) is 0 Å². The Balaban J connectivity index is 2.10. The molecule has 0 aliphatic heterocycles. The van der Waals surface area contributed by atoms with Crippen LogP contribution >= 0.6 is 15.9 Å². The molecule has 0 aromatic heterocycles. The molecule has 0 heterocycles. The average Bonchev–Trinajstić information content (AvgIpc) is 2.49. The van der Waals surface area contributed by atoms with Gasteiger partial charge in [-0.05, 0) is 35.7 Å². The zero-order valence-electron chi connectivity index (χ0n) is 11.2. The fraction of sp³-hybridized carbons (Fsp3) is 0.250. The van der Waals surface area contributed by atoms with E-state index in [1.165, 1.54) is 5.56 Å². The highest BCUT2D eigenvalue weighted by Crippen LogP contribution is 2.22. The maximum Gasteiger partial charge on any atom is 0.0636 e. The van der Waals surface area contributed by atoms with Crippen LogP contribution in [0.15, 0.2) is 53.0 Å². The van der Waals surface area contributed by atoms with E-state index in [4.69, 9.17) is 5.73 Å². The van der Waals surface area contributed by atoms with Crippen LogP contribution in [0.25, 0.3) is 0 Å². The van der Waals surface area contributed by atoms with Crippen LogP contribution in [-0.4, -0.2) is 17.8 Å². The van der Waals surface area contributed by atoms with Crippen molar-refractivity contribution in [2.24, 2.45) is 5.73 Å². The van der Waals surface area contributed by atoms with E-state index in [9.17, 15) is 5.11 Å². The lowest BCUT2D eigenvalue weighted by molar-refractivity contribution is 0.273. The molecule has 0 spiro atoms. The number of benzene rings is 2. The second-order valence-electron chi connectivity index (χ2n) is 4.72. The van der Waals surface area contributed by atoms with Crippen LogP contribution in [0, 0.1) is 0 Å². The minimum atomic E-state index is -0.0242. The van der Waals surface area contributed by atoms with Crippen LogP contribution in [0.2, 0.25) is 0 Å². The fourth-order valence-electron chi connectivity index (χ4n) is 2.15. The third-order valence-corrected chi connectivity index (χ3v) is 3.69. The molecule has 2 rings (SSSR count). The zero-order valence-corrected chi connectivity index (χ0v) is 12.8. The summed E-state index contributed by atoms with van der Waals surface area (Å²) in [6, 6.07) is 16.1. The molecule has 1 unspecified atom stereocenters. The van der Waals surface area contributed by atoms with E-state index in [2.05, 4.69) is 33.4 Å². The molecule has 0 amide bonds. The van der Waals surface area contributed by atoms with E-state index in [1.54, 1.807) is 0 Å². The zero-order chi connectivity index (χ0) is 14.4. The van der Waals surface area contributed by atoms with Crippen LogP contribution in [-0.2, 0) is 13.0 Å². The largest absolute Gasteiger partial charge is 0.394 e. The molecule has 0 radical (unpaired) electrons. The maximum atomic E-state index is 9.56. The summed E-state index contributed by atoms with van der Waals surface area (Å²) < 4.78 is 1.01. The third kappa shape index (κ3) is 4.07. The Kier molecular flexibility index (Phi) is 5.59. The van der Waals surface area contributed by atoms with Gasteiger partial charge in [-0.15, -0.1) is 0 Å². The highest BCUT2D eigenvalue weighted by atomic mass is 79.9. The number of nitrogens with one attached hydrogen (secondary N) is 1. The first-order chi connectivity index (χ1) is 9.72. The Morgan fingerprint density at radius 3 is 2.55 bits per heavy atom. The highest BCUT2D eigenvalue weighted by Gasteiger charge is 2.10. The molecule has 0 aliphatic carbocycles. The van der Waals surface area contributed by atoms with E-state index < -0.39 is 0 Å². The SMILES string of the molecule is NCc1cc(Br)ccc1NC(CO)Cc1ccccc1. The van der Waals surface area contributed by atoms with Gasteiger partial charge in [-0.1, -0.05) is 46.3 Å². The lowest BCUT2D eigenvalue weighted by atomic mass is 10.1. The molecule has 1 atom stereocenters. The summed E-state index contributed by atoms with van der Waals surface area (Å²) in [5.41, 5.74) is 8.98. The Morgan fingerprint density at radius 2 is 1.90 bits per heavy atom. The van der Waals surface area contributed by atoms with Crippen molar-refractivity contribution in [3.63, 3.8) is 0 Å². The van der Waals surface area contributed by atoms with Gasteiger partial charge in [-0.25, -0.2) is 0 Å². The highest BCUT2D eigenvalue weighted by molar-refractivity contribution is 9.10. The van der Waals surface area contributed by atoms with Crippen LogP contribution in [0.1, 0.15) is 11.1 Å². The van der Waals surface area contributed by atoms with Crippen LogP contribution in [0.5, 0.6) is 0 Å². The minimum Gasteiger partial charge on any atom is -0.394 e. The number of anilines is 1. The fourth-order valence-corrected chi connectivity index (χ4v) is 2.56. The molecule has 4 heteroatoms. The third-order valence-electron chi connectivity index (χ3n) is 3.19. The van der Waals surface area contributed by atoms with Crippen molar-refractivity contribution in [1.82, 2.24) is 0 Å². The standard InChI is InChI=1S/C16H19BrN2O/c17-14-6-7-16(13(9-14)10-18)19-15(11-20)8-12-4-2-1-3-5-12/h1-7,9,15,19-20H,8,10-11,18H2. The van der Waals surface area contributed by atoms with Gasteiger partial charge in [0.1, 0.15) is 0 Å². The molecule has 2 aromatic carbocycles. The number of nitrogens with two attached hydrogens (primary N) is 1. The summed E-state index contributed by atoms with van der Waals surface area (Å²) in [6.45, 7) is 0.542. The molecule has 0 fully saturated rings. The van der Waals surface area contributed by atoms with Crippen molar-refractivity contribution in [2.45, 2.75) is 19.0 Å². The first kappa shape index (κ1) is 15.0. The van der Waals surface area contributed by atoms with Gasteiger partial charge >= 0.3 is 0 Å². The lowest BCUT2D eigenvalue weighted by Gasteiger charge is -2.20. The van der Waals surface area contributed by atoms with Gasteiger partial charge in [0.25, 0.3) is 0 Å². The molecule has 0 aliphatic rings. The van der Waals surface area contributed by atoms with Crippen molar-refractivity contribution in [3.05, 3.63) is 64.1 Å². The number of aliphatic hydroxyl groups is 1. The van der Waals surface area contributed by atoms with Gasteiger partial charge in [0.2, 0.25) is 0 Å². The van der Waals surface area contributed by atoms with E-state index >= 15 is 0 Å². The van der Waals surface area contributed by atoms with E-state index in [0.717, 1.165) is 22.1 Å². The van der Waals surface area contributed by atoms with Gasteiger partial charge < -0.3 is 16.2 Å². The van der Waals surface area contributed by atoms with Crippen molar-refractivity contribution in [1.29, 1.82) is 0 Å². The van der Waals surface area contributed by atoms with E-state index in [-0.39, 0.29) is 12.6 Å². The summed E-state index contributed by atoms with van der Waals surface area (Å²) in [5, 5.41) is 12.9. The smallest absolute Gasteiger partial charge is 0.0636 e. The second kappa shape index (κ2) is 7.43. The number of hydrogen-bond acceptors (Lipinski definition) is 3. The molecule has 3 nitrogen and oxygen atoms in total. The summed E-state index contributed by atoms with van der Waals surface area (Å²) in [7, 11) is 0. The first-order valence-corrected chi connectivity index (χ1v) is 7.42. The molecule has 0 saturated carbocycles. The number of halogens is 1. The molecular formula is C16H19BrN2O. The Labute approximate surface area is 127 Å². The summed E-state index contributed by atoms with van der Waals surface area (Å²) in [5.74, 6) is 0. The number of aliphatic hydroxyl groups excluding tert-OH is 1. The van der Waals surface area contributed by atoms with E-state index in [0.29, 0.717) is 6.54 Å². The Morgan fingerprint density at radius 1 is 1.15 bits per heavy atom. The molecule has 106 valence electrons. The molecule has 0 bridgehead atoms. The first-order valence-electron chi connectivity index (χ1n) is 6.62. The van der Waals surface area contributed by atoms with Gasteiger partial charge in [0.15, 0.2) is 0 Å². The van der Waals surface area contributed by atoms with Crippen molar-refractivity contribution in [3.8, 4) is 0 Å². The van der Waals surface area contributed by atoms with Crippen LogP contribution < -0.4 is 11.1 Å². The molecule has 2 aromatic rings. The van der Waals surface area contributed by atoms with Gasteiger partial charge in [0, 0.05) is 16.7 Å². The Hall–Kier alpha value is -1.36. The quantitative estimate of drug-likeness (QED) is 0.761. The number of rotatable bonds is 6. The minimum absolute atomic E-state index is 0.0242. The van der Waals surface area contributed by atoms with Crippen molar-refractivity contribution < 1.29 is 5.11 Å². The lowest BCUT2D eigenvalue weighted by Crippen LogP contribution is -2.27. The van der Waals surface area contributed by atoms with Gasteiger partial charge in [-0.3, -0.25) is 0 Å². The molecular weight excluding hydrogens is 316 g/mol. The van der Waals surface area contributed by atoms with Gasteiger partial charge in [0.05, 0.1) is 12.6 Å². The Bertz CT molecular complexity index is 545. The summed E-state index contributed by atoms with van der Waals surface area (Å²) in [6.07, 6.45) is 0.775. The topological polar surface area (TPSA) is 58.3 Å². The summed E-state index contributed by atoms with van der Waals surface area (Å²) in [4.78, 5) is 0. The monoisotopic (exact) mass is 334 g/mol. The van der Waals surface area contributed by atoms with Crippen LogP contribution in [0.4, 0.5) is 5.69 Å². The molecule has 4 N–H and O–H groups in total. The van der Waals surface area contributed by atoms with E-state index in [1.807, 2.05) is 36.4 Å². The summed E-state index contributed by atoms with van der Waals surface area (Å²) >= 11 is 3.44. The van der Waals surface area contributed by atoms with Crippen molar-refractivity contribution in [2.75, 3.05) is 11.9 Å². The maximum absolute atomic E-state index is 9.56. The normalized spacial score (nSPS) is 12.2. The van der Waals surface area contributed by atoms with Crippen molar-refractivity contribution >= 4 is 21.6 Å². The van der Waals surface area contributed by atoms with Gasteiger partial charge in [-0.2, -0.15) is 0 Å². The molecule has 20 heavy (non-hydrogen) atoms. The molecule has 0 saturated heterocycles. The predicted molar refractivity (Wildman–Crippen MR) is 86.7 cm³/mol. The average molecular weight is 335 g/mol. The number of hydrogen-bond donors (Lipinski definition) is 3. The predicted octanol–water partition coefficient (Wildman–Crippen LogP) is 2.92. The second-order valence-corrected chi connectivity index (χ2v) is 5.63.